The van der Waals surface area contributed by atoms with Crippen LogP contribution in [0, 0.1) is 5.92 Å². The van der Waals surface area contributed by atoms with Crippen LogP contribution in [-0.2, 0) is 16.4 Å². The van der Waals surface area contributed by atoms with Crippen LogP contribution in [0.4, 0.5) is 0 Å². The second kappa shape index (κ2) is 10.8. The molecule has 1 aliphatic heterocycles. The first-order chi connectivity index (χ1) is 15.3. The van der Waals surface area contributed by atoms with Crippen LogP contribution < -0.4 is 14.2 Å². The van der Waals surface area contributed by atoms with Gasteiger partial charge in [-0.1, -0.05) is 19.1 Å². The van der Waals surface area contributed by atoms with Crippen LogP contribution in [0.2, 0.25) is 0 Å². The summed E-state index contributed by atoms with van der Waals surface area (Å²) < 4.78 is 38.8. The van der Waals surface area contributed by atoms with E-state index in [1.807, 2.05) is 24.3 Å². The molecule has 32 heavy (non-hydrogen) atoms. The molecule has 0 atom stereocenters. The smallest absolute Gasteiger partial charge is 0.257 e. The average molecular weight is 461 g/mol. The average Bonchev–Trinajstić information content (AvgIpc) is 2.82. The first kappa shape index (κ1) is 24.1. The lowest BCUT2D eigenvalue weighted by molar-refractivity contribution is 0.0693. The summed E-state index contributed by atoms with van der Waals surface area (Å²) in [6, 6.07) is 12.2. The second-order valence-corrected chi connectivity index (χ2v) is 9.95. The Kier molecular flexibility index (Phi) is 8.15. The van der Waals surface area contributed by atoms with Gasteiger partial charge in [0.15, 0.2) is 0 Å². The third kappa shape index (κ3) is 6.01. The summed E-state index contributed by atoms with van der Waals surface area (Å²) >= 11 is 0. The Hall–Kier alpha value is -2.58. The first-order valence-electron chi connectivity index (χ1n) is 10.9. The predicted molar refractivity (Wildman–Crippen MR) is 124 cm³/mol. The van der Waals surface area contributed by atoms with Crippen LogP contribution in [0.1, 0.15) is 42.1 Å². The van der Waals surface area contributed by atoms with Crippen molar-refractivity contribution in [3.05, 3.63) is 53.6 Å². The van der Waals surface area contributed by atoms with E-state index in [-0.39, 0.29) is 16.4 Å². The van der Waals surface area contributed by atoms with E-state index in [2.05, 4.69) is 11.6 Å². The zero-order chi connectivity index (χ0) is 23.1. The van der Waals surface area contributed by atoms with E-state index in [4.69, 9.17) is 9.47 Å². The number of nitrogens with one attached hydrogen (secondary N) is 1. The summed E-state index contributed by atoms with van der Waals surface area (Å²) in [6.45, 7) is 3.82. The highest BCUT2D eigenvalue weighted by Crippen LogP contribution is 2.26. The molecule has 1 aliphatic rings. The van der Waals surface area contributed by atoms with Crippen molar-refractivity contribution in [2.75, 3.05) is 33.9 Å². The minimum Gasteiger partial charge on any atom is -0.497 e. The third-order valence-corrected chi connectivity index (χ3v) is 7.33. The molecule has 0 spiro atoms. The lowest BCUT2D eigenvalue weighted by atomic mass is 9.98. The maximum absolute atomic E-state index is 13.1. The van der Waals surface area contributed by atoms with Gasteiger partial charge in [-0.15, -0.1) is 0 Å². The number of carbonyl (C=O) groups excluding carboxylic acids is 1. The fourth-order valence-corrected chi connectivity index (χ4v) is 4.88. The molecule has 0 bridgehead atoms. The number of nitrogens with zero attached hydrogens (tertiary/aromatic N) is 1. The summed E-state index contributed by atoms with van der Waals surface area (Å²) in [5.74, 6) is 1.57. The molecular formula is C24H32N2O5S. The number of sulfonamides is 1. The minimum atomic E-state index is -3.74. The highest BCUT2D eigenvalue weighted by Gasteiger charge is 2.26. The Morgan fingerprint density at radius 1 is 1.06 bits per heavy atom. The van der Waals surface area contributed by atoms with Crippen molar-refractivity contribution < 1.29 is 22.7 Å². The van der Waals surface area contributed by atoms with Gasteiger partial charge < -0.3 is 14.4 Å². The molecule has 7 nitrogen and oxygen atoms in total. The Bertz CT molecular complexity index is 1010. The maximum Gasteiger partial charge on any atom is 0.257 e. The number of hydrogen-bond acceptors (Lipinski definition) is 5. The predicted octanol–water partition coefficient (Wildman–Crippen LogP) is 3.49. The Labute approximate surface area is 190 Å². The molecule has 8 heteroatoms. The van der Waals surface area contributed by atoms with Gasteiger partial charge in [-0.05, 0) is 67.5 Å². The second-order valence-electron chi connectivity index (χ2n) is 8.19. The summed E-state index contributed by atoms with van der Waals surface area (Å²) in [5.41, 5.74) is 1.39. The van der Waals surface area contributed by atoms with Crippen LogP contribution in [-0.4, -0.2) is 53.1 Å². The van der Waals surface area contributed by atoms with E-state index in [0.717, 1.165) is 30.6 Å². The maximum atomic E-state index is 13.1. The molecule has 3 rings (SSSR count). The zero-order valence-corrected chi connectivity index (χ0v) is 19.8. The molecule has 0 radical (unpaired) electrons. The van der Waals surface area contributed by atoms with E-state index in [0.29, 0.717) is 37.7 Å². The number of piperidine rings is 1. The Morgan fingerprint density at radius 2 is 1.75 bits per heavy atom. The monoisotopic (exact) mass is 460 g/mol. The topological polar surface area (TPSA) is 84.9 Å². The molecule has 0 unspecified atom stereocenters. The van der Waals surface area contributed by atoms with Gasteiger partial charge in [0.25, 0.3) is 5.91 Å². The van der Waals surface area contributed by atoms with Crippen molar-refractivity contribution in [3.8, 4) is 11.5 Å². The molecule has 2 aromatic carbocycles. The number of benzene rings is 2. The molecular weight excluding hydrogens is 428 g/mol. The number of aryl methyl sites for hydroxylation is 1. The van der Waals surface area contributed by atoms with Crippen molar-refractivity contribution >= 4 is 15.9 Å². The van der Waals surface area contributed by atoms with E-state index in [9.17, 15) is 13.2 Å². The van der Waals surface area contributed by atoms with Crippen LogP contribution in [0.5, 0.6) is 11.5 Å². The SMILES string of the molecule is COc1ccc(CCCNS(=O)(=O)c2ccc(OC)c(C(=O)N3CCC(C)CC3)c2)cc1. The minimum absolute atomic E-state index is 0.0662. The van der Waals surface area contributed by atoms with Gasteiger partial charge in [0, 0.05) is 19.6 Å². The quantitative estimate of drug-likeness (QED) is 0.579. The summed E-state index contributed by atoms with van der Waals surface area (Å²) in [6.07, 6.45) is 3.29. The van der Waals surface area contributed by atoms with Crippen LogP contribution >= 0.6 is 0 Å². The van der Waals surface area contributed by atoms with Crippen LogP contribution in [0.3, 0.4) is 0 Å². The highest BCUT2D eigenvalue weighted by atomic mass is 32.2. The first-order valence-corrected chi connectivity index (χ1v) is 12.4. The lowest BCUT2D eigenvalue weighted by Gasteiger charge is -2.30. The van der Waals surface area contributed by atoms with Crippen molar-refractivity contribution in [1.29, 1.82) is 0 Å². The number of methoxy groups -OCH3 is 2. The summed E-state index contributed by atoms with van der Waals surface area (Å²) in [4.78, 5) is 14.9. The number of amides is 1. The molecule has 1 fully saturated rings. The molecule has 1 saturated heterocycles. The number of hydrogen-bond donors (Lipinski definition) is 1. The van der Waals surface area contributed by atoms with Crippen molar-refractivity contribution in [3.63, 3.8) is 0 Å². The molecule has 0 aromatic heterocycles. The van der Waals surface area contributed by atoms with Gasteiger partial charge in [-0.25, -0.2) is 13.1 Å². The number of rotatable bonds is 9. The molecule has 1 amide bonds. The molecule has 1 N–H and O–H groups in total. The van der Waals surface area contributed by atoms with E-state index in [1.54, 1.807) is 18.1 Å². The summed E-state index contributed by atoms with van der Waals surface area (Å²) in [5, 5.41) is 0. The molecule has 1 heterocycles. The van der Waals surface area contributed by atoms with Gasteiger partial charge in [0.1, 0.15) is 11.5 Å². The third-order valence-electron chi connectivity index (χ3n) is 5.88. The Morgan fingerprint density at radius 3 is 2.38 bits per heavy atom. The zero-order valence-electron chi connectivity index (χ0n) is 19.0. The standard InChI is InChI=1S/C24H32N2O5S/c1-18-12-15-26(16-13-18)24(27)22-17-21(10-11-23(22)31-3)32(28,29)25-14-4-5-19-6-8-20(30-2)9-7-19/h6-11,17-18,25H,4-5,12-16H2,1-3H3. The van der Waals surface area contributed by atoms with Crippen molar-refractivity contribution in [2.45, 2.75) is 37.5 Å². The van der Waals surface area contributed by atoms with Gasteiger partial charge in [0.2, 0.25) is 10.0 Å². The molecule has 0 saturated carbocycles. The molecule has 2 aromatic rings. The van der Waals surface area contributed by atoms with Gasteiger partial charge in [-0.2, -0.15) is 0 Å². The van der Waals surface area contributed by atoms with E-state index in [1.165, 1.54) is 19.2 Å². The number of carbonyl (C=O) groups is 1. The normalized spacial score (nSPS) is 14.9. The van der Waals surface area contributed by atoms with Gasteiger partial charge in [-0.3, -0.25) is 4.79 Å². The Balaban J connectivity index is 1.64. The van der Waals surface area contributed by atoms with Crippen LogP contribution in [0.15, 0.2) is 47.4 Å². The van der Waals surface area contributed by atoms with E-state index >= 15 is 0 Å². The van der Waals surface area contributed by atoms with Crippen molar-refractivity contribution in [1.82, 2.24) is 9.62 Å². The largest absolute Gasteiger partial charge is 0.497 e. The van der Waals surface area contributed by atoms with Gasteiger partial charge >= 0.3 is 0 Å². The highest BCUT2D eigenvalue weighted by molar-refractivity contribution is 7.89. The van der Waals surface area contributed by atoms with Crippen LogP contribution in [0.25, 0.3) is 0 Å². The number of ether oxygens (including phenoxy) is 2. The summed E-state index contributed by atoms with van der Waals surface area (Å²) in [7, 11) is -0.640. The fraction of sp³-hybridized carbons (Fsp3) is 0.458. The van der Waals surface area contributed by atoms with E-state index < -0.39 is 10.0 Å². The molecule has 0 aliphatic carbocycles. The number of likely N-dealkylation sites (tertiary alicyclic amines) is 1. The lowest BCUT2D eigenvalue weighted by Crippen LogP contribution is -2.38. The fourth-order valence-electron chi connectivity index (χ4n) is 3.78. The molecule has 174 valence electrons. The van der Waals surface area contributed by atoms with Gasteiger partial charge in [0.05, 0.1) is 24.7 Å². The van der Waals surface area contributed by atoms with Crippen molar-refractivity contribution in [2.24, 2.45) is 5.92 Å².